The van der Waals surface area contributed by atoms with E-state index in [1.807, 2.05) is 19.1 Å². The molecule has 1 N–H and O–H groups in total. The molecular weight excluding hydrogens is 356 g/mol. The van der Waals surface area contributed by atoms with Crippen LogP contribution < -0.4 is 10.1 Å². The van der Waals surface area contributed by atoms with E-state index in [0.717, 1.165) is 33.5 Å². The zero-order chi connectivity index (χ0) is 19.1. The quantitative estimate of drug-likeness (QED) is 0.551. The molecule has 140 valence electrons. The lowest BCUT2D eigenvalue weighted by Crippen LogP contribution is -2.39. The van der Waals surface area contributed by atoms with Crippen LogP contribution in [0.25, 0.3) is 6.08 Å². The van der Waals surface area contributed by atoms with Crippen LogP contribution in [0.4, 0.5) is 4.79 Å². The van der Waals surface area contributed by atoms with Crippen molar-refractivity contribution < 1.29 is 23.9 Å². The lowest BCUT2D eigenvalue weighted by Gasteiger charge is -2.12. The number of ether oxygens (including phenoxy) is 2. The summed E-state index contributed by atoms with van der Waals surface area (Å²) in [7, 11) is 3.17. The van der Waals surface area contributed by atoms with Crippen LogP contribution in [-0.4, -0.2) is 55.9 Å². The Morgan fingerprint density at radius 3 is 2.73 bits per heavy atom. The number of amides is 3. The first-order valence-electron chi connectivity index (χ1n) is 8.12. The van der Waals surface area contributed by atoms with Crippen molar-refractivity contribution in [1.82, 2.24) is 10.2 Å². The van der Waals surface area contributed by atoms with Crippen LogP contribution in [-0.2, 0) is 14.3 Å². The second-order valence-electron chi connectivity index (χ2n) is 5.69. The van der Waals surface area contributed by atoms with Crippen LogP contribution in [0.2, 0.25) is 0 Å². The van der Waals surface area contributed by atoms with Gasteiger partial charge in [-0.1, -0.05) is 6.07 Å². The molecule has 1 aliphatic rings. The summed E-state index contributed by atoms with van der Waals surface area (Å²) in [6.07, 6.45) is 2.31. The molecule has 3 amide bonds. The molecule has 0 bridgehead atoms. The van der Waals surface area contributed by atoms with Crippen molar-refractivity contribution in [3.05, 3.63) is 34.2 Å². The number of hydrogen-bond acceptors (Lipinski definition) is 6. The van der Waals surface area contributed by atoms with E-state index in [1.54, 1.807) is 26.4 Å². The Balaban J connectivity index is 2.01. The summed E-state index contributed by atoms with van der Waals surface area (Å²) in [6, 6.07) is 5.48. The van der Waals surface area contributed by atoms with Gasteiger partial charge in [-0.3, -0.25) is 19.3 Å². The highest BCUT2D eigenvalue weighted by Crippen LogP contribution is 2.32. The molecule has 8 heteroatoms. The van der Waals surface area contributed by atoms with Crippen molar-refractivity contribution in [2.75, 3.05) is 33.9 Å². The summed E-state index contributed by atoms with van der Waals surface area (Å²) in [5.41, 5.74) is 1.72. The Hall–Kier alpha value is -2.32. The molecule has 0 spiro atoms. The number of rotatable bonds is 8. The third-order valence-corrected chi connectivity index (χ3v) is 4.65. The van der Waals surface area contributed by atoms with Gasteiger partial charge in [0.05, 0.1) is 12.0 Å². The number of benzene rings is 1. The molecule has 1 aliphatic heterocycles. The maximum absolute atomic E-state index is 12.4. The first kappa shape index (κ1) is 20.0. The van der Waals surface area contributed by atoms with Gasteiger partial charge in [-0.05, 0) is 54.4 Å². The van der Waals surface area contributed by atoms with Gasteiger partial charge < -0.3 is 14.8 Å². The minimum absolute atomic E-state index is 0.281. The molecule has 1 heterocycles. The van der Waals surface area contributed by atoms with Crippen LogP contribution in [0.15, 0.2) is 23.1 Å². The Morgan fingerprint density at radius 1 is 1.31 bits per heavy atom. The van der Waals surface area contributed by atoms with Gasteiger partial charge in [0.15, 0.2) is 0 Å². The normalized spacial score (nSPS) is 15.7. The lowest BCUT2D eigenvalue weighted by atomic mass is 10.1. The predicted molar refractivity (Wildman–Crippen MR) is 99.9 cm³/mol. The summed E-state index contributed by atoms with van der Waals surface area (Å²) in [5.74, 6) is -0.0779. The van der Waals surface area contributed by atoms with E-state index < -0.39 is 11.1 Å². The summed E-state index contributed by atoms with van der Waals surface area (Å²) in [6.45, 7) is 2.59. The van der Waals surface area contributed by atoms with E-state index in [0.29, 0.717) is 24.5 Å². The van der Waals surface area contributed by atoms with Crippen LogP contribution in [0.3, 0.4) is 0 Å². The van der Waals surface area contributed by atoms with Gasteiger partial charge in [0, 0.05) is 20.3 Å². The molecule has 1 aromatic rings. The predicted octanol–water partition coefficient (Wildman–Crippen LogP) is 2.19. The van der Waals surface area contributed by atoms with Gasteiger partial charge >= 0.3 is 0 Å². The fourth-order valence-electron chi connectivity index (χ4n) is 2.42. The third kappa shape index (κ3) is 5.09. The fourth-order valence-corrected chi connectivity index (χ4v) is 3.26. The van der Waals surface area contributed by atoms with Crippen LogP contribution in [0.1, 0.15) is 17.5 Å². The molecule has 0 aromatic heterocycles. The Labute approximate surface area is 156 Å². The van der Waals surface area contributed by atoms with Gasteiger partial charge in [0.25, 0.3) is 11.1 Å². The Bertz CT molecular complexity index is 732. The van der Waals surface area contributed by atoms with Crippen molar-refractivity contribution in [2.24, 2.45) is 0 Å². The first-order valence-corrected chi connectivity index (χ1v) is 8.93. The van der Waals surface area contributed by atoms with E-state index in [-0.39, 0.29) is 12.5 Å². The SMILES string of the molecule is COCCCNC(=O)CN1C(=O)S/C(=C\c2ccc(OC)c(C)c2)C1=O. The number of hydrogen-bond donors (Lipinski definition) is 1. The van der Waals surface area contributed by atoms with Gasteiger partial charge in [-0.2, -0.15) is 0 Å². The average molecular weight is 378 g/mol. The molecule has 0 atom stereocenters. The maximum Gasteiger partial charge on any atom is 0.294 e. The number of imide groups is 1. The monoisotopic (exact) mass is 378 g/mol. The summed E-state index contributed by atoms with van der Waals surface area (Å²) < 4.78 is 10.1. The molecule has 0 radical (unpaired) electrons. The number of thioether (sulfide) groups is 1. The van der Waals surface area contributed by atoms with Crippen LogP contribution in [0.5, 0.6) is 5.75 Å². The second-order valence-corrected chi connectivity index (χ2v) is 6.69. The molecule has 0 unspecified atom stereocenters. The minimum atomic E-state index is -0.458. The number of carbonyl (C=O) groups is 3. The third-order valence-electron chi connectivity index (χ3n) is 3.74. The highest BCUT2D eigenvalue weighted by Gasteiger charge is 2.36. The number of methoxy groups -OCH3 is 2. The van der Waals surface area contributed by atoms with E-state index >= 15 is 0 Å². The van der Waals surface area contributed by atoms with Crippen molar-refractivity contribution >= 4 is 34.9 Å². The fraction of sp³-hybridized carbons (Fsp3) is 0.389. The molecular formula is C18H22N2O5S. The zero-order valence-corrected chi connectivity index (χ0v) is 15.9. The van der Waals surface area contributed by atoms with E-state index in [2.05, 4.69) is 5.32 Å². The summed E-state index contributed by atoms with van der Waals surface area (Å²) in [4.78, 5) is 37.7. The Morgan fingerprint density at radius 2 is 2.08 bits per heavy atom. The van der Waals surface area contributed by atoms with Crippen molar-refractivity contribution in [3.8, 4) is 5.75 Å². The second kappa shape index (κ2) is 9.40. The van der Waals surface area contributed by atoms with Crippen LogP contribution in [0, 0.1) is 6.92 Å². The van der Waals surface area contributed by atoms with Gasteiger partial charge in [0.2, 0.25) is 5.91 Å². The van der Waals surface area contributed by atoms with Gasteiger partial charge in [-0.25, -0.2) is 0 Å². The molecule has 7 nitrogen and oxygen atoms in total. The molecule has 0 saturated carbocycles. The van der Waals surface area contributed by atoms with Gasteiger partial charge in [0.1, 0.15) is 12.3 Å². The van der Waals surface area contributed by atoms with E-state index in [9.17, 15) is 14.4 Å². The molecule has 1 fully saturated rings. The highest BCUT2D eigenvalue weighted by atomic mass is 32.2. The zero-order valence-electron chi connectivity index (χ0n) is 15.0. The van der Waals surface area contributed by atoms with Crippen molar-refractivity contribution in [3.63, 3.8) is 0 Å². The topological polar surface area (TPSA) is 84.9 Å². The van der Waals surface area contributed by atoms with Crippen molar-refractivity contribution in [2.45, 2.75) is 13.3 Å². The molecule has 2 rings (SSSR count). The number of carbonyl (C=O) groups excluding carboxylic acids is 3. The molecule has 1 aromatic carbocycles. The number of nitrogens with zero attached hydrogens (tertiary/aromatic N) is 1. The standard InChI is InChI=1S/C18H22N2O5S/c1-12-9-13(5-6-14(12)25-3)10-15-17(22)20(18(23)26-15)11-16(21)19-7-4-8-24-2/h5-6,9-10H,4,7-8,11H2,1-3H3,(H,19,21)/b15-10-. The summed E-state index contributed by atoms with van der Waals surface area (Å²) in [5, 5.41) is 2.22. The summed E-state index contributed by atoms with van der Waals surface area (Å²) >= 11 is 0.834. The number of aryl methyl sites for hydroxylation is 1. The Kier molecular flexibility index (Phi) is 7.23. The molecule has 26 heavy (non-hydrogen) atoms. The van der Waals surface area contributed by atoms with Crippen LogP contribution >= 0.6 is 11.8 Å². The molecule has 1 saturated heterocycles. The number of nitrogens with one attached hydrogen (secondary N) is 1. The first-order chi connectivity index (χ1) is 12.5. The smallest absolute Gasteiger partial charge is 0.294 e. The highest BCUT2D eigenvalue weighted by molar-refractivity contribution is 8.18. The van der Waals surface area contributed by atoms with Crippen molar-refractivity contribution in [1.29, 1.82) is 0 Å². The largest absolute Gasteiger partial charge is 0.496 e. The van der Waals surface area contributed by atoms with E-state index in [1.165, 1.54) is 0 Å². The van der Waals surface area contributed by atoms with E-state index in [4.69, 9.17) is 9.47 Å². The van der Waals surface area contributed by atoms with Gasteiger partial charge in [-0.15, -0.1) is 0 Å². The maximum atomic E-state index is 12.4. The average Bonchev–Trinajstić information content (AvgIpc) is 2.86. The molecule has 0 aliphatic carbocycles. The lowest BCUT2D eigenvalue weighted by molar-refractivity contribution is -0.129. The minimum Gasteiger partial charge on any atom is -0.496 e.